The number of rotatable bonds is 7. The highest BCUT2D eigenvalue weighted by atomic mass is 35.5. The third kappa shape index (κ3) is 4.63. The highest BCUT2D eigenvalue weighted by Crippen LogP contribution is 2.29. The summed E-state index contributed by atoms with van der Waals surface area (Å²) in [6.45, 7) is 4.03. The first-order valence-corrected chi connectivity index (χ1v) is 11.4. The molecule has 6 nitrogen and oxygen atoms in total. The molecule has 0 spiro atoms. The van der Waals surface area contributed by atoms with Gasteiger partial charge in [-0.3, -0.25) is 9.48 Å². The van der Waals surface area contributed by atoms with Crippen molar-refractivity contribution in [2.45, 2.75) is 19.9 Å². The summed E-state index contributed by atoms with van der Waals surface area (Å²) in [7, 11) is 1.88. The maximum Gasteiger partial charge on any atom is 0.338 e. The molecule has 0 bridgehead atoms. The van der Waals surface area contributed by atoms with E-state index < -0.39 is 6.04 Å². The van der Waals surface area contributed by atoms with Crippen molar-refractivity contribution in [3.05, 3.63) is 117 Å². The van der Waals surface area contributed by atoms with Crippen molar-refractivity contribution < 1.29 is 9.53 Å². The molecule has 4 rings (SSSR count). The summed E-state index contributed by atoms with van der Waals surface area (Å²) in [6, 6.07) is 23.6. The molecule has 0 aliphatic carbocycles. The number of hydrogen-bond donors (Lipinski definition) is 1. The summed E-state index contributed by atoms with van der Waals surface area (Å²) in [5.74, 6) is -0.368. The number of carbonyl (C=O) groups excluding carboxylic acids is 1. The number of esters is 1. The number of benzene rings is 3. The van der Waals surface area contributed by atoms with Crippen molar-refractivity contribution in [2.75, 3.05) is 11.9 Å². The molecule has 7 heteroatoms. The minimum absolute atomic E-state index is 0.109. The monoisotopic (exact) mass is 475 g/mol. The zero-order valence-electron chi connectivity index (χ0n) is 19.3. The predicted molar refractivity (Wildman–Crippen MR) is 135 cm³/mol. The van der Waals surface area contributed by atoms with E-state index >= 15 is 0 Å². The Balaban J connectivity index is 1.79. The Bertz CT molecular complexity index is 1340. The zero-order chi connectivity index (χ0) is 24.2. The Labute approximate surface area is 203 Å². The maximum atomic E-state index is 13.7. The number of halogens is 1. The molecule has 0 saturated heterocycles. The fourth-order valence-electron chi connectivity index (χ4n) is 3.98. The summed E-state index contributed by atoms with van der Waals surface area (Å²) in [4.78, 5) is 25.7. The van der Waals surface area contributed by atoms with Crippen LogP contribution in [-0.4, -0.2) is 21.9 Å². The fraction of sp³-hybridized carbons (Fsp3) is 0.185. The standard InChI is InChI=1S/C27H26ClN3O3/c1-4-34-27(33)20-12-16-22(17-13-20)29-25(19-10-14-21(28)15-11-19)24-18(2)30(3)31(26(24)32)23-8-6-5-7-9-23/h5-17,25,29H,4H2,1-3H3/t25-/m0/s1. The van der Waals surface area contributed by atoms with E-state index in [1.54, 1.807) is 23.7 Å². The molecule has 1 aromatic heterocycles. The summed E-state index contributed by atoms with van der Waals surface area (Å²) in [5, 5.41) is 4.10. The quantitative estimate of drug-likeness (QED) is 0.358. The van der Waals surface area contributed by atoms with Gasteiger partial charge in [0.2, 0.25) is 0 Å². The normalized spacial score (nSPS) is 11.8. The molecule has 174 valence electrons. The van der Waals surface area contributed by atoms with E-state index in [1.165, 1.54) is 0 Å². The Hall–Kier alpha value is -3.77. The summed E-state index contributed by atoms with van der Waals surface area (Å²) in [5.41, 5.74) is 4.27. The number of para-hydroxylation sites is 1. The number of ether oxygens (including phenoxy) is 1. The van der Waals surface area contributed by atoms with Crippen LogP contribution in [-0.2, 0) is 11.8 Å². The number of carbonyl (C=O) groups is 1. The van der Waals surface area contributed by atoms with Gasteiger partial charge < -0.3 is 10.1 Å². The summed E-state index contributed by atoms with van der Waals surface area (Å²) >= 11 is 6.13. The Morgan fingerprint density at radius 1 is 1.00 bits per heavy atom. The van der Waals surface area contributed by atoms with Crippen LogP contribution in [0.4, 0.5) is 5.69 Å². The van der Waals surface area contributed by atoms with Crippen LogP contribution in [0, 0.1) is 6.92 Å². The van der Waals surface area contributed by atoms with Crippen molar-refractivity contribution in [1.82, 2.24) is 9.36 Å². The van der Waals surface area contributed by atoms with Crippen LogP contribution in [0.2, 0.25) is 5.02 Å². The van der Waals surface area contributed by atoms with Gasteiger partial charge in [-0.25, -0.2) is 9.48 Å². The van der Waals surface area contributed by atoms with Crippen LogP contribution in [0.15, 0.2) is 83.7 Å². The first-order chi connectivity index (χ1) is 16.4. The lowest BCUT2D eigenvalue weighted by Gasteiger charge is -2.20. The summed E-state index contributed by atoms with van der Waals surface area (Å²) in [6.07, 6.45) is 0. The molecule has 34 heavy (non-hydrogen) atoms. The van der Waals surface area contributed by atoms with Gasteiger partial charge in [-0.05, 0) is 67.9 Å². The van der Waals surface area contributed by atoms with Crippen molar-refractivity contribution in [2.24, 2.45) is 7.05 Å². The Kier molecular flexibility index (Phi) is 6.89. The fourth-order valence-corrected chi connectivity index (χ4v) is 4.11. The first kappa shape index (κ1) is 23.4. The van der Waals surface area contributed by atoms with E-state index in [2.05, 4.69) is 5.32 Å². The number of nitrogens with zero attached hydrogens (tertiary/aromatic N) is 2. The van der Waals surface area contributed by atoms with Gasteiger partial charge in [0.1, 0.15) is 0 Å². The van der Waals surface area contributed by atoms with Gasteiger partial charge >= 0.3 is 5.97 Å². The maximum absolute atomic E-state index is 13.7. The molecular formula is C27H26ClN3O3. The van der Waals surface area contributed by atoms with E-state index in [0.717, 1.165) is 22.6 Å². The van der Waals surface area contributed by atoms with Crippen molar-refractivity contribution in [3.8, 4) is 5.69 Å². The highest BCUT2D eigenvalue weighted by molar-refractivity contribution is 6.30. The van der Waals surface area contributed by atoms with Crippen molar-refractivity contribution in [1.29, 1.82) is 0 Å². The molecular weight excluding hydrogens is 450 g/mol. The van der Waals surface area contributed by atoms with Crippen LogP contribution in [0.1, 0.15) is 40.1 Å². The average molecular weight is 476 g/mol. The minimum atomic E-state index is -0.436. The first-order valence-electron chi connectivity index (χ1n) is 11.0. The molecule has 1 N–H and O–H groups in total. The third-order valence-electron chi connectivity index (χ3n) is 5.80. The van der Waals surface area contributed by atoms with Crippen molar-refractivity contribution in [3.63, 3.8) is 0 Å². The number of nitrogens with one attached hydrogen (secondary N) is 1. The van der Waals surface area contributed by atoms with Gasteiger partial charge in [-0.2, -0.15) is 0 Å². The lowest BCUT2D eigenvalue weighted by atomic mass is 9.98. The van der Waals surface area contributed by atoms with Crippen LogP contribution in [0.25, 0.3) is 5.69 Å². The molecule has 0 saturated carbocycles. The van der Waals surface area contributed by atoms with Gasteiger partial charge in [-0.15, -0.1) is 0 Å². The topological polar surface area (TPSA) is 65.3 Å². The van der Waals surface area contributed by atoms with Gasteiger partial charge in [0.05, 0.1) is 29.5 Å². The van der Waals surface area contributed by atoms with E-state index in [0.29, 0.717) is 22.8 Å². The molecule has 1 atom stereocenters. The lowest BCUT2D eigenvalue weighted by molar-refractivity contribution is 0.0526. The second-order valence-electron chi connectivity index (χ2n) is 7.90. The highest BCUT2D eigenvalue weighted by Gasteiger charge is 2.25. The van der Waals surface area contributed by atoms with E-state index in [-0.39, 0.29) is 11.5 Å². The molecule has 0 aliphatic heterocycles. The third-order valence-corrected chi connectivity index (χ3v) is 6.05. The Morgan fingerprint density at radius 3 is 2.26 bits per heavy atom. The molecule has 1 heterocycles. The van der Waals surface area contributed by atoms with Gasteiger partial charge in [-0.1, -0.05) is 41.9 Å². The van der Waals surface area contributed by atoms with E-state index in [4.69, 9.17) is 16.3 Å². The van der Waals surface area contributed by atoms with E-state index in [1.807, 2.05) is 85.4 Å². The van der Waals surface area contributed by atoms with E-state index in [9.17, 15) is 9.59 Å². The number of hydrogen-bond acceptors (Lipinski definition) is 4. The van der Waals surface area contributed by atoms with Crippen LogP contribution in [0.3, 0.4) is 0 Å². The van der Waals surface area contributed by atoms with Crippen LogP contribution < -0.4 is 10.9 Å². The molecule has 4 aromatic rings. The van der Waals surface area contributed by atoms with Crippen LogP contribution >= 0.6 is 11.6 Å². The molecule has 0 unspecified atom stereocenters. The van der Waals surface area contributed by atoms with Gasteiger partial charge in [0.15, 0.2) is 0 Å². The SMILES string of the molecule is CCOC(=O)c1ccc(N[C@@H](c2ccc(Cl)cc2)c2c(C)n(C)n(-c3ccccc3)c2=O)cc1. The predicted octanol–water partition coefficient (Wildman–Crippen LogP) is 5.52. The van der Waals surface area contributed by atoms with Crippen LogP contribution in [0.5, 0.6) is 0 Å². The minimum Gasteiger partial charge on any atom is -0.462 e. The molecule has 3 aromatic carbocycles. The number of anilines is 1. The zero-order valence-corrected chi connectivity index (χ0v) is 20.0. The molecule has 0 fully saturated rings. The second kappa shape index (κ2) is 10.0. The summed E-state index contributed by atoms with van der Waals surface area (Å²) < 4.78 is 8.60. The largest absolute Gasteiger partial charge is 0.462 e. The van der Waals surface area contributed by atoms with Gasteiger partial charge in [0, 0.05) is 23.5 Å². The Morgan fingerprint density at radius 2 is 1.65 bits per heavy atom. The molecule has 0 aliphatic rings. The van der Waals surface area contributed by atoms with Gasteiger partial charge in [0.25, 0.3) is 5.56 Å². The second-order valence-corrected chi connectivity index (χ2v) is 8.34. The molecule has 0 amide bonds. The molecule has 0 radical (unpaired) electrons. The smallest absolute Gasteiger partial charge is 0.338 e. The lowest BCUT2D eigenvalue weighted by Crippen LogP contribution is -2.24. The van der Waals surface area contributed by atoms with Crippen molar-refractivity contribution >= 4 is 23.3 Å². The number of aromatic nitrogens is 2. The average Bonchev–Trinajstić information content (AvgIpc) is 3.07.